The molecular weight excluding hydrogens is 260 g/mol. The fourth-order valence-corrected chi connectivity index (χ4v) is 4.29. The summed E-state index contributed by atoms with van der Waals surface area (Å²) in [7, 11) is 4.43. The standard InChI is InChI=1S/C18H36N2O/c1-6-12-19-16(17(2,3)20(4)5)15-9-13-21-18(14-15)10-7-8-11-18/h15-16,19H,6-14H2,1-5H3. The van der Waals surface area contributed by atoms with Crippen molar-refractivity contribution in [2.75, 3.05) is 27.2 Å². The first kappa shape index (κ1) is 17.2. The smallest absolute Gasteiger partial charge is 0.0685 e. The predicted molar refractivity (Wildman–Crippen MR) is 89.7 cm³/mol. The van der Waals surface area contributed by atoms with E-state index < -0.39 is 0 Å². The molecule has 0 aromatic rings. The van der Waals surface area contributed by atoms with Crippen molar-refractivity contribution in [3.8, 4) is 0 Å². The number of ether oxygens (including phenoxy) is 1. The van der Waals surface area contributed by atoms with Crippen molar-refractivity contribution in [3.63, 3.8) is 0 Å². The minimum Gasteiger partial charge on any atom is -0.375 e. The average molecular weight is 296 g/mol. The van der Waals surface area contributed by atoms with Crippen molar-refractivity contribution in [3.05, 3.63) is 0 Å². The largest absolute Gasteiger partial charge is 0.375 e. The van der Waals surface area contributed by atoms with Crippen LogP contribution in [0.25, 0.3) is 0 Å². The van der Waals surface area contributed by atoms with Crippen LogP contribution in [0.3, 0.4) is 0 Å². The zero-order valence-corrected chi connectivity index (χ0v) is 14.9. The molecule has 0 radical (unpaired) electrons. The van der Waals surface area contributed by atoms with Crippen molar-refractivity contribution in [1.29, 1.82) is 0 Å². The number of nitrogens with zero attached hydrogens (tertiary/aromatic N) is 1. The zero-order valence-electron chi connectivity index (χ0n) is 14.9. The number of likely N-dealkylation sites (N-methyl/N-ethyl adjacent to an activating group) is 1. The minimum absolute atomic E-state index is 0.178. The fourth-order valence-electron chi connectivity index (χ4n) is 4.29. The Bertz CT molecular complexity index is 321. The van der Waals surface area contributed by atoms with E-state index in [-0.39, 0.29) is 11.1 Å². The van der Waals surface area contributed by atoms with Crippen LogP contribution in [0.1, 0.15) is 65.7 Å². The van der Waals surface area contributed by atoms with E-state index in [1.165, 1.54) is 44.9 Å². The molecule has 1 aliphatic carbocycles. The van der Waals surface area contributed by atoms with Gasteiger partial charge in [-0.15, -0.1) is 0 Å². The summed E-state index contributed by atoms with van der Waals surface area (Å²) in [6, 6.07) is 0.550. The first-order valence-corrected chi connectivity index (χ1v) is 8.96. The molecule has 1 N–H and O–H groups in total. The number of hydrogen-bond donors (Lipinski definition) is 1. The Balaban J connectivity index is 2.11. The van der Waals surface area contributed by atoms with E-state index in [0.29, 0.717) is 6.04 Å². The average Bonchev–Trinajstić information content (AvgIpc) is 2.87. The molecule has 0 aromatic heterocycles. The van der Waals surface area contributed by atoms with Gasteiger partial charge in [0.2, 0.25) is 0 Å². The number of rotatable bonds is 6. The molecule has 1 aliphatic heterocycles. The fraction of sp³-hybridized carbons (Fsp3) is 1.00. The molecule has 124 valence electrons. The molecule has 2 aliphatic rings. The lowest BCUT2D eigenvalue weighted by Gasteiger charge is -2.49. The molecule has 1 saturated carbocycles. The Morgan fingerprint density at radius 2 is 1.95 bits per heavy atom. The number of hydrogen-bond acceptors (Lipinski definition) is 3. The second-order valence-corrected chi connectivity index (χ2v) is 7.97. The summed E-state index contributed by atoms with van der Waals surface area (Å²) in [5.74, 6) is 0.737. The van der Waals surface area contributed by atoms with Crippen LogP contribution < -0.4 is 5.32 Å². The van der Waals surface area contributed by atoms with Crippen LogP contribution in [-0.2, 0) is 4.74 Å². The highest BCUT2D eigenvalue weighted by atomic mass is 16.5. The van der Waals surface area contributed by atoms with E-state index >= 15 is 0 Å². The molecule has 0 aromatic carbocycles. The third kappa shape index (κ3) is 3.80. The Kier molecular flexibility index (Phi) is 5.72. The zero-order chi connectivity index (χ0) is 15.5. The van der Waals surface area contributed by atoms with Crippen molar-refractivity contribution in [2.45, 2.75) is 82.9 Å². The molecule has 21 heavy (non-hydrogen) atoms. The number of nitrogens with one attached hydrogen (secondary N) is 1. The van der Waals surface area contributed by atoms with Gasteiger partial charge in [0.1, 0.15) is 0 Å². The summed E-state index contributed by atoms with van der Waals surface area (Å²) in [4.78, 5) is 2.39. The molecule has 0 amide bonds. The van der Waals surface area contributed by atoms with Gasteiger partial charge in [0, 0.05) is 18.2 Å². The van der Waals surface area contributed by atoms with Crippen molar-refractivity contribution < 1.29 is 4.74 Å². The van der Waals surface area contributed by atoms with Gasteiger partial charge >= 0.3 is 0 Å². The maximum absolute atomic E-state index is 6.24. The van der Waals surface area contributed by atoms with E-state index in [0.717, 1.165) is 19.1 Å². The van der Waals surface area contributed by atoms with Crippen LogP contribution in [0.4, 0.5) is 0 Å². The summed E-state index contributed by atoms with van der Waals surface area (Å²) in [5.41, 5.74) is 0.397. The first-order valence-electron chi connectivity index (χ1n) is 8.96. The van der Waals surface area contributed by atoms with Gasteiger partial charge in [-0.2, -0.15) is 0 Å². The quantitative estimate of drug-likeness (QED) is 0.812. The molecule has 2 unspecified atom stereocenters. The predicted octanol–water partition coefficient (Wildman–Crippen LogP) is 3.43. The minimum atomic E-state index is 0.178. The lowest BCUT2D eigenvalue weighted by molar-refractivity contribution is -0.105. The van der Waals surface area contributed by atoms with E-state index in [1.54, 1.807) is 0 Å². The topological polar surface area (TPSA) is 24.5 Å². The third-order valence-corrected chi connectivity index (χ3v) is 6.05. The summed E-state index contributed by atoms with van der Waals surface area (Å²) in [6.45, 7) is 9.11. The third-order valence-electron chi connectivity index (χ3n) is 6.05. The van der Waals surface area contributed by atoms with Crippen molar-refractivity contribution >= 4 is 0 Å². The van der Waals surface area contributed by atoms with Crippen molar-refractivity contribution in [1.82, 2.24) is 10.2 Å². The highest BCUT2D eigenvalue weighted by Crippen LogP contribution is 2.44. The highest BCUT2D eigenvalue weighted by molar-refractivity contribution is 5.01. The van der Waals surface area contributed by atoms with Gasteiger partial charge in [0.25, 0.3) is 0 Å². The van der Waals surface area contributed by atoms with Crippen LogP contribution in [0.15, 0.2) is 0 Å². The van der Waals surface area contributed by atoms with E-state index in [2.05, 4.69) is 45.1 Å². The van der Waals surface area contributed by atoms with Gasteiger partial charge in [0.05, 0.1) is 5.60 Å². The lowest BCUT2D eigenvalue weighted by atomic mass is 9.74. The summed E-state index contributed by atoms with van der Waals surface area (Å²) in [6.07, 6.45) is 8.95. The molecule has 2 atom stereocenters. The SMILES string of the molecule is CCCNC(C1CCOC2(CCCC2)C1)C(C)(C)N(C)C. The first-order chi connectivity index (χ1) is 9.91. The Morgan fingerprint density at radius 1 is 1.29 bits per heavy atom. The molecule has 3 nitrogen and oxygen atoms in total. The van der Waals surface area contributed by atoms with Crippen LogP contribution in [0.2, 0.25) is 0 Å². The molecule has 3 heteroatoms. The van der Waals surface area contributed by atoms with E-state index in [9.17, 15) is 0 Å². The summed E-state index contributed by atoms with van der Waals surface area (Å²) >= 11 is 0. The molecule has 0 bridgehead atoms. The van der Waals surface area contributed by atoms with Gasteiger partial charge in [-0.1, -0.05) is 19.8 Å². The van der Waals surface area contributed by atoms with Crippen LogP contribution >= 0.6 is 0 Å². The van der Waals surface area contributed by atoms with E-state index in [4.69, 9.17) is 4.74 Å². The lowest BCUT2D eigenvalue weighted by Crippen LogP contribution is -2.60. The summed E-state index contributed by atoms with van der Waals surface area (Å²) in [5, 5.41) is 3.87. The monoisotopic (exact) mass is 296 g/mol. The molecule has 2 fully saturated rings. The Labute approximate surface area is 131 Å². The van der Waals surface area contributed by atoms with Crippen LogP contribution in [0, 0.1) is 5.92 Å². The van der Waals surface area contributed by atoms with Gasteiger partial charge < -0.3 is 15.0 Å². The second-order valence-electron chi connectivity index (χ2n) is 7.97. The highest BCUT2D eigenvalue weighted by Gasteiger charge is 2.45. The normalized spacial score (nSPS) is 27.4. The molecule has 1 spiro atoms. The maximum Gasteiger partial charge on any atom is 0.0685 e. The van der Waals surface area contributed by atoms with Crippen molar-refractivity contribution in [2.24, 2.45) is 5.92 Å². The Hall–Kier alpha value is -0.120. The van der Waals surface area contributed by atoms with Crippen LogP contribution in [-0.4, -0.2) is 49.3 Å². The van der Waals surface area contributed by atoms with Gasteiger partial charge in [0.15, 0.2) is 0 Å². The summed E-state index contributed by atoms with van der Waals surface area (Å²) < 4.78 is 6.24. The van der Waals surface area contributed by atoms with Gasteiger partial charge in [-0.05, 0) is 72.5 Å². The van der Waals surface area contributed by atoms with Gasteiger partial charge in [-0.3, -0.25) is 0 Å². The molecule has 1 saturated heterocycles. The Morgan fingerprint density at radius 3 is 2.52 bits per heavy atom. The van der Waals surface area contributed by atoms with E-state index in [1.807, 2.05) is 0 Å². The molecule has 1 heterocycles. The van der Waals surface area contributed by atoms with Gasteiger partial charge in [-0.25, -0.2) is 0 Å². The second kappa shape index (κ2) is 6.97. The molecular formula is C18H36N2O. The molecule has 2 rings (SSSR count). The van der Waals surface area contributed by atoms with Crippen LogP contribution in [0.5, 0.6) is 0 Å². The maximum atomic E-state index is 6.24.